The maximum atomic E-state index is 11.9. The number of amides is 1. The van der Waals surface area contributed by atoms with Gasteiger partial charge < -0.3 is 14.8 Å². The Balaban J connectivity index is 1.82. The lowest BCUT2D eigenvalue weighted by Crippen LogP contribution is -2.25. The third-order valence-corrected chi connectivity index (χ3v) is 3.30. The average Bonchev–Trinajstić information content (AvgIpc) is 2.61. The van der Waals surface area contributed by atoms with Gasteiger partial charge in [-0.15, -0.1) is 0 Å². The summed E-state index contributed by atoms with van der Waals surface area (Å²) in [5.74, 6) is 7.41. The summed E-state index contributed by atoms with van der Waals surface area (Å²) in [4.78, 5) is 11.9. The number of carbonyl (C=O) groups is 1. The van der Waals surface area contributed by atoms with E-state index in [1.54, 1.807) is 7.11 Å². The van der Waals surface area contributed by atoms with Gasteiger partial charge in [0, 0.05) is 0 Å². The molecule has 2 rings (SSSR count). The first kappa shape index (κ1) is 17.4. The number of hydrogen-bond donors (Lipinski definition) is 1. The fourth-order valence-electron chi connectivity index (χ4n) is 2.15. The van der Waals surface area contributed by atoms with Gasteiger partial charge in [0.25, 0.3) is 0 Å². The molecule has 4 heteroatoms. The molecule has 0 bridgehead atoms. The predicted octanol–water partition coefficient (Wildman–Crippen LogP) is 2.80. The third-order valence-electron chi connectivity index (χ3n) is 3.30. The third kappa shape index (κ3) is 5.36. The van der Waals surface area contributed by atoms with Crippen LogP contribution >= 0.6 is 0 Å². The smallest absolute Gasteiger partial charge is 0.225 e. The molecular weight excluding hydrogens is 302 g/mol. The predicted molar refractivity (Wildman–Crippen MR) is 94.2 cm³/mol. The minimum Gasteiger partial charge on any atom is -0.495 e. The van der Waals surface area contributed by atoms with E-state index in [2.05, 4.69) is 17.2 Å². The van der Waals surface area contributed by atoms with Crippen LogP contribution in [0.2, 0.25) is 0 Å². The highest BCUT2D eigenvalue weighted by atomic mass is 16.5. The lowest BCUT2D eigenvalue weighted by atomic mass is 10.1. The van der Waals surface area contributed by atoms with Gasteiger partial charge in [-0.25, -0.2) is 0 Å². The summed E-state index contributed by atoms with van der Waals surface area (Å²) in [5.41, 5.74) is 1.74. The SMILES string of the molecule is CCOc1ccc(CC(=O)NCC#Cc2ccccc2OC)cc1. The summed E-state index contributed by atoms with van der Waals surface area (Å²) in [6.45, 7) is 2.87. The lowest BCUT2D eigenvalue weighted by molar-refractivity contribution is -0.120. The fourth-order valence-corrected chi connectivity index (χ4v) is 2.15. The van der Waals surface area contributed by atoms with Crippen LogP contribution < -0.4 is 14.8 Å². The van der Waals surface area contributed by atoms with Crippen molar-refractivity contribution < 1.29 is 14.3 Å². The van der Waals surface area contributed by atoms with Crippen LogP contribution in [0.5, 0.6) is 11.5 Å². The molecule has 124 valence electrons. The van der Waals surface area contributed by atoms with Crippen LogP contribution in [0.25, 0.3) is 0 Å². The molecule has 0 saturated heterocycles. The Morgan fingerprint density at radius 3 is 2.58 bits per heavy atom. The standard InChI is InChI=1S/C20H21NO3/c1-3-24-18-12-10-16(11-13-18)15-20(22)21-14-6-8-17-7-4-5-9-19(17)23-2/h4-5,7,9-13H,3,14-15H2,1-2H3,(H,21,22). The first-order valence-corrected chi connectivity index (χ1v) is 7.83. The zero-order valence-electron chi connectivity index (χ0n) is 14.0. The van der Waals surface area contributed by atoms with Crippen molar-refractivity contribution >= 4 is 5.91 Å². The first-order chi connectivity index (χ1) is 11.7. The summed E-state index contributed by atoms with van der Waals surface area (Å²) >= 11 is 0. The van der Waals surface area contributed by atoms with Crippen molar-refractivity contribution in [3.8, 4) is 23.3 Å². The van der Waals surface area contributed by atoms with Crippen molar-refractivity contribution in [3.05, 3.63) is 59.7 Å². The average molecular weight is 323 g/mol. The topological polar surface area (TPSA) is 47.6 Å². The van der Waals surface area contributed by atoms with Gasteiger partial charge in [-0.1, -0.05) is 36.1 Å². The van der Waals surface area contributed by atoms with Gasteiger partial charge in [-0.05, 0) is 36.8 Å². The summed E-state index contributed by atoms with van der Waals surface area (Å²) < 4.78 is 10.6. The molecule has 0 spiro atoms. The largest absolute Gasteiger partial charge is 0.495 e. The van der Waals surface area contributed by atoms with E-state index < -0.39 is 0 Å². The Labute approximate surface area is 142 Å². The van der Waals surface area contributed by atoms with Crippen molar-refractivity contribution in [1.82, 2.24) is 5.32 Å². The number of carbonyl (C=O) groups excluding carboxylic acids is 1. The second-order valence-electron chi connectivity index (χ2n) is 5.03. The molecule has 0 aliphatic carbocycles. The monoisotopic (exact) mass is 323 g/mol. The highest BCUT2D eigenvalue weighted by Gasteiger charge is 2.02. The molecule has 0 heterocycles. The van der Waals surface area contributed by atoms with Crippen LogP contribution in [0.4, 0.5) is 0 Å². The van der Waals surface area contributed by atoms with Crippen molar-refractivity contribution in [1.29, 1.82) is 0 Å². The minimum atomic E-state index is -0.0616. The highest BCUT2D eigenvalue weighted by molar-refractivity contribution is 5.78. The molecule has 0 saturated carbocycles. The number of hydrogen-bond acceptors (Lipinski definition) is 3. The van der Waals surface area contributed by atoms with Gasteiger partial charge in [0.2, 0.25) is 5.91 Å². The molecule has 1 amide bonds. The van der Waals surface area contributed by atoms with Gasteiger partial charge in [0.1, 0.15) is 11.5 Å². The van der Waals surface area contributed by atoms with Crippen molar-refractivity contribution in [2.75, 3.05) is 20.3 Å². The van der Waals surface area contributed by atoms with E-state index in [-0.39, 0.29) is 5.91 Å². The molecule has 0 fully saturated rings. The Kier molecular flexibility index (Phi) is 6.73. The minimum absolute atomic E-state index is 0.0616. The normalized spacial score (nSPS) is 9.58. The Morgan fingerprint density at radius 2 is 1.88 bits per heavy atom. The number of benzene rings is 2. The van der Waals surface area contributed by atoms with E-state index in [9.17, 15) is 4.79 Å². The van der Waals surface area contributed by atoms with Gasteiger partial charge in [0.05, 0.1) is 32.2 Å². The van der Waals surface area contributed by atoms with E-state index in [1.807, 2.05) is 55.5 Å². The molecule has 0 aliphatic rings. The second-order valence-corrected chi connectivity index (χ2v) is 5.03. The maximum Gasteiger partial charge on any atom is 0.225 e. The van der Waals surface area contributed by atoms with E-state index in [0.717, 1.165) is 22.6 Å². The van der Waals surface area contributed by atoms with E-state index in [0.29, 0.717) is 19.6 Å². The highest BCUT2D eigenvalue weighted by Crippen LogP contribution is 2.15. The lowest BCUT2D eigenvalue weighted by Gasteiger charge is -2.05. The van der Waals surface area contributed by atoms with Crippen molar-refractivity contribution in [3.63, 3.8) is 0 Å². The Bertz CT molecular complexity index is 727. The molecule has 0 atom stereocenters. The summed E-state index contributed by atoms with van der Waals surface area (Å²) in [6.07, 6.45) is 0.322. The summed E-state index contributed by atoms with van der Waals surface area (Å²) in [6, 6.07) is 15.1. The first-order valence-electron chi connectivity index (χ1n) is 7.83. The van der Waals surface area contributed by atoms with Crippen molar-refractivity contribution in [2.45, 2.75) is 13.3 Å². The maximum absolute atomic E-state index is 11.9. The number of nitrogens with one attached hydrogen (secondary N) is 1. The van der Waals surface area contributed by atoms with Gasteiger partial charge in [-0.3, -0.25) is 4.79 Å². The molecule has 0 aliphatic heterocycles. The van der Waals surface area contributed by atoms with Gasteiger partial charge in [-0.2, -0.15) is 0 Å². The van der Waals surface area contributed by atoms with Crippen LogP contribution in [0.1, 0.15) is 18.1 Å². The van der Waals surface area contributed by atoms with E-state index in [1.165, 1.54) is 0 Å². The molecule has 2 aromatic carbocycles. The van der Waals surface area contributed by atoms with Crippen LogP contribution in [0, 0.1) is 11.8 Å². The Hall–Kier alpha value is -2.93. The number of ether oxygens (including phenoxy) is 2. The molecule has 2 aromatic rings. The molecule has 4 nitrogen and oxygen atoms in total. The zero-order valence-corrected chi connectivity index (χ0v) is 14.0. The molecule has 1 N–H and O–H groups in total. The molecule has 24 heavy (non-hydrogen) atoms. The molecule has 0 aromatic heterocycles. The number of para-hydroxylation sites is 1. The summed E-state index contributed by atoms with van der Waals surface area (Å²) in [5, 5.41) is 2.79. The quantitative estimate of drug-likeness (QED) is 0.832. The summed E-state index contributed by atoms with van der Waals surface area (Å²) in [7, 11) is 1.61. The van der Waals surface area contributed by atoms with Gasteiger partial charge >= 0.3 is 0 Å². The Morgan fingerprint density at radius 1 is 1.12 bits per heavy atom. The molecule has 0 unspecified atom stereocenters. The fraction of sp³-hybridized carbons (Fsp3) is 0.250. The number of rotatable bonds is 6. The van der Waals surface area contributed by atoms with E-state index >= 15 is 0 Å². The zero-order chi connectivity index (χ0) is 17.2. The molecule has 0 radical (unpaired) electrons. The second kappa shape index (κ2) is 9.26. The van der Waals surface area contributed by atoms with E-state index in [4.69, 9.17) is 9.47 Å². The van der Waals surface area contributed by atoms with Crippen LogP contribution in [0.3, 0.4) is 0 Å². The van der Waals surface area contributed by atoms with Gasteiger partial charge in [0.15, 0.2) is 0 Å². The molecular formula is C20H21NO3. The number of methoxy groups -OCH3 is 1. The van der Waals surface area contributed by atoms with Crippen LogP contribution in [-0.4, -0.2) is 26.2 Å². The van der Waals surface area contributed by atoms with Crippen LogP contribution in [0.15, 0.2) is 48.5 Å². The van der Waals surface area contributed by atoms with Crippen molar-refractivity contribution in [2.24, 2.45) is 0 Å². The van der Waals surface area contributed by atoms with Crippen LogP contribution in [-0.2, 0) is 11.2 Å².